The smallest absolute Gasteiger partial charge is 0.258 e. The first-order chi connectivity index (χ1) is 24.0. The first kappa shape index (κ1) is 36.7. The average molecular weight is 714 g/mol. The molecule has 5 aromatic rings. The van der Waals surface area contributed by atoms with E-state index in [2.05, 4.69) is 20.6 Å². The van der Waals surface area contributed by atoms with E-state index in [0.29, 0.717) is 23.0 Å². The summed E-state index contributed by atoms with van der Waals surface area (Å²) in [7, 11) is -4.02. The van der Waals surface area contributed by atoms with Gasteiger partial charge in [0.05, 0.1) is 22.7 Å². The summed E-state index contributed by atoms with van der Waals surface area (Å²) in [6.07, 6.45) is 2.47. The number of rotatable bonds is 16. The summed E-state index contributed by atoms with van der Waals surface area (Å²) in [5, 5.41) is 20.4. The van der Waals surface area contributed by atoms with Gasteiger partial charge in [-0.15, -0.1) is 11.3 Å². The number of nitrogens with one attached hydrogen (secondary N) is 2. The van der Waals surface area contributed by atoms with Crippen LogP contribution >= 0.6 is 11.3 Å². The number of para-hydroxylation sites is 1. The fourth-order valence-electron chi connectivity index (χ4n) is 5.55. The molecule has 0 bridgehead atoms. The van der Waals surface area contributed by atoms with Crippen LogP contribution in [-0.2, 0) is 21.2 Å². The highest BCUT2D eigenvalue weighted by Gasteiger charge is 2.31. The minimum absolute atomic E-state index is 0.0227. The maximum absolute atomic E-state index is 14.1. The minimum atomic E-state index is -4.02. The highest BCUT2D eigenvalue weighted by Crippen LogP contribution is 2.29. The second-order valence-corrected chi connectivity index (χ2v) is 15.4. The molecule has 262 valence electrons. The first-order valence-electron chi connectivity index (χ1n) is 16.4. The maximum Gasteiger partial charge on any atom is 0.258 e. The van der Waals surface area contributed by atoms with Crippen LogP contribution in [0.1, 0.15) is 30.5 Å². The molecule has 2 heterocycles. The normalized spacial score (nSPS) is 12.9. The third-order valence-electron chi connectivity index (χ3n) is 8.05. The van der Waals surface area contributed by atoms with E-state index in [1.165, 1.54) is 15.6 Å². The van der Waals surface area contributed by atoms with Crippen molar-refractivity contribution in [3.8, 4) is 17.0 Å². The molecule has 0 saturated carbocycles. The summed E-state index contributed by atoms with van der Waals surface area (Å²) in [5.74, 6) is 0.202. The van der Waals surface area contributed by atoms with Crippen molar-refractivity contribution in [2.45, 2.75) is 51.2 Å². The minimum Gasteiger partial charge on any atom is -0.483 e. The summed E-state index contributed by atoms with van der Waals surface area (Å²) in [5.41, 5.74) is 5.07. The quantitative estimate of drug-likeness (QED) is 0.107. The molecule has 50 heavy (non-hydrogen) atoms. The van der Waals surface area contributed by atoms with Gasteiger partial charge in [0.2, 0.25) is 10.0 Å². The van der Waals surface area contributed by atoms with Gasteiger partial charge < -0.3 is 20.5 Å². The summed E-state index contributed by atoms with van der Waals surface area (Å²) >= 11 is 1.44. The molecule has 5 rings (SSSR count). The maximum atomic E-state index is 14.1. The number of hydrogen-bond acceptors (Lipinski definition) is 9. The summed E-state index contributed by atoms with van der Waals surface area (Å²) in [6.45, 7) is 7.39. The standard InChI is InChI=1S/C38H43N5O5S2/c1-26(2)22-43(50(46,47)32-15-13-30(14-16-32)34-25-49-38(42-34)40-31-17-19-39-20-18-31)23-35(44)33(21-29-11-6-5-7-12-29)41-36(45)24-48-37-27(3)9-8-10-28(37)4/h5-20,25-26,33,35,44H,21-24H2,1-4H3,(H,41,45)(H,39,40,42)/t33-,35+/m0/s1. The van der Waals surface area contributed by atoms with Gasteiger partial charge in [0.15, 0.2) is 11.7 Å². The fourth-order valence-corrected chi connectivity index (χ4v) is 7.91. The molecule has 0 spiro atoms. The molecule has 2 atom stereocenters. The third kappa shape index (κ3) is 9.75. The number of sulfonamides is 1. The van der Waals surface area contributed by atoms with E-state index in [1.54, 1.807) is 36.7 Å². The monoisotopic (exact) mass is 713 g/mol. The van der Waals surface area contributed by atoms with Crippen LogP contribution in [0.25, 0.3) is 11.3 Å². The number of amides is 1. The van der Waals surface area contributed by atoms with Gasteiger partial charge >= 0.3 is 0 Å². The van der Waals surface area contributed by atoms with Crippen LogP contribution in [0.15, 0.2) is 108 Å². The van der Waals surface area contributed by atoms with Crippen molar-refractivity contribution in [1.29, 1.82) is 0 Å². The Morgan fingerprint density at radius 1 is 0.920 bits per heavy atom. The number of carbonyl (C=O) groups is 1. The Labute approximate surface area is 298 Å². The number of nitrogens with zero attached hydrogens (tertiary/aromatic N) is 3. The predicted molar refractivity (Wildman–Crippen MR) is 198 cm³/mol. The van der Waals surface area contributed by atoms with Crippen molar-refractivity contribution >= 4 is 38.1 Å². The van der Waals surface area contributed by atoms with E-state index in [9.17, 15) is 18.3 Å². The van der Waals surface area contributed by atoms with Gasteiger partial charge in [-0.1, -0.05) is 74.5 Å². The van der Waals surface area contributed by atoms with Gasteiger partial charge in [-0.25, -0.2) is 13.4 Å². The second kappa shape index (κ2) is 16.9. The number of aliphatic hydroxyl groups excluding tert-OH is 1. The lowest BCUT2D eigenvalue weighted by atomic mass is 10.0. The second-order valence-electron chi connectivity index (χ2n) is 12.6. The Bertz CT molecular complexity index is 1930. The molecule has 3 N–H and O–H groups in total. The van der Waals surface area contributed by atoms with Gasteiger partial charge in [-0.3, -0.25) is 9.78 Å². The molecule has 0 saturated heterocycles. The lowest BCUT2D eigenvalue weighted by Gasteiger charge is -2.31. The number of pyridine rings is 1. The van der Waals surface area contributed by atoms with Crippen molar-refractivity contribution in [1.82, 2.24) is 19.6 Å². The summed E-state index contributed by atoms with van der Waals surface area (Å²) in [6, 6.07) is 24.7. The van der Waals surface area contributed by atoms with E-state index in [4.69, 9.17) is 4.74 Å². The molecule has 0 aliphatic carbocycles. The zero-order valence-electron chi connectivity index (χ0n) is 28.6. The van der Waals surface area contributed by atoms with Gasteiger partial charge in [0, 0.05) is 42.1 Å². The first-order valence-corrected chi connectivity index (χ1v) is 18.7. The molecule has 0 aliphatic heterocycles. The fraction of sp³-hybridized carbons (Fsp3) is 0.289. The van der Waals surface area contributed by atoms with E-state index >= 15 is 0 Å². The molecular weight excluding hydrogens is 671 g/mol. The van der Waals surface area contributed by atoms with Gasteiger partial charge in [0.1, 0.15) is 5.75 Å². The summed E-state index contributed by atoms with van der Waals surface area (Å²) in [4.78, 5) is 22.0. The van der Waals surface area contributed by atoms with E-state index in [-0.39, 0.29) is 30.5 Å². The molecule has 12 heteroatoms. The molecular formula is C38H43N5O5S2. The molecule has 3 aromatic carbocycles. The largest absolute Gasteiger partial charge is 0.483 e. The molecule has 0 aliphatic rings. The number of benzene rings is 3. The Kier molecular flexibility index (Phi) is 12.4. The molecule has 0 unspecified atom stereocenters. The van der Waals surface area contributed by atoms with Crippen LogP contribution in [-0.4, -0.2) is 65.5 Å². The van der Waals surface area contributed by atoms with Crippen LogP contribution in [0.2, 0.25) is 0 Å². The lowest BCUT2D eigenvalue weighted by molar-refractivity contribution is -0.124. The highest BCUT2D eigenvalue weighted by atomic mass is 32.2. The highest BCUT2D eigenvalue weighted by molar-refractivity contribution is 7.89. The number of thiazole rings is 1. The van der Waals surface area contributed by atoms with Crippen molar-refractivity contribution in [3.05, 3.63) is 119 Å². The molecule has 0 fully saturated rings. The predicted octanol–water partition coefficient (Wildman–Crippen LogP) is 6.38. The molecule has 2 aromatic heterocycles. The van der Waals surface area contributed by atoms with Crippen LogP contribution in [0.3, 0.4) is 0 Å². The van der Waals surface area contributed by atoms with Crippen LogP contribution in [0.5, 0.6) is 5.75 Å². The van der Waals surface area contributed by atoms with Crippen molar-refractivity contribution in [2.24, 2.45) is 5.92 Å². The molecule has 0 radical (unpaired) electrons. The lowest BCUT2D eigenvalue weighted by Crippen LogP contribution is -2.52. The number of aryl methyl sites for hydroxylation is 2. The van der Waals surface area contributed by atoms with Crippen LogP contribution in [0, 0.1) is 19.8 Å². The van der Waals surface area contributed by atoms with E-state index < -0.39 is 28.1 Å². The van der Waals surface area contributed by atoms with Crippen molar-refractivity contribution < 1.29 is 23.1 Å². The number of aliphatic hydroxyl groups is 1. The van der Waals surface area contributed by atoms with Crippen LogP contribution in [0.4, 0.5) is 10.8 Å². The topological polar surface area (TPSA) is 134 Å². The van der Waals surface area contributed by atoms with Crippen molar-refractivity contribution in [2.75, 3.05) is 25.0 Å². The van der Waals surface area contributed by atoms with Gasteiger partial charge in [-0.2, -0.15) is 4.31 Å². The number of anilines is 2. The number of ether oxygens (including phenoxy) is 1. The average Bonchev–Trinajstić information content (AvgIpc) is 3.56. The molecule has 1 amide bonds. The van der Waals surface area contributed by atoms with Gasteiger partial charge in [-0.05, 0) is 67.1 Å². The van der Waals surface area contributed by atoms with Gasteiger partial charge in [0.25, 0.3) is 5.91 Å². The zero-order valence-corrected chi connectivity index (χ0v) is 30.2. The number of aromatic nitrogens is 2. The number of hydrogen-bond donors (Lipinski definition) is 3. The zero-order chi connectivity index (χ0) is 35.7. The van der Waals surface area contributed by atoms with Crippen molar-refractivity contribution in [3.63, 3.8) is 0 Å². The Balaban J connectivity index is 1.31. The Hall–Kier alpha value is -4.62. The van der Waals surface area contributed by atoms with E-state index in [0.717, 1.165) is 27.9 Å². The van der Waals surface area contributed by atoms with E-state index in [1.807, 2.05) is 93.7 Å². The summed E-state index contributed by atoms with van der Waals surface area (Å²) < 4.78 is 35.3. The number of carbonyl (C=O) groups excluding carboxylic acids is 1. The third-order valence-corrected chi connectivity index (χ3v) is 10.7. The molecule has 10 nitrogen and oxygen atoms in total. The Morgan fingerprint density at radius 3 is 2.26 bits per heavy atom. The van der Waals surface area contributed by atoms with Crippen LogP contribution < -0.4 is 15.4 Å². The Morgan fingerprint density at radius 2 is 1.60 bits per heavy atom. The SMILES string of the molecule is Cc1cccc(C)c1OCC(=O)N[C@@H](Cc1ccccc1)[C@H](O)CN(CC(C)C)S(=O)(=O)c1ccc(-c2csc(Nc3ccncc3)n2)cc1.